The van der Waals surface area contributed by atoms with Crippen molar-refractivity contribution in [2.75, 3.05) is 5.32 Å². The summed E-state index contributed by atoms with van der Waals surface area (Å²) in [4.78, 5) is 20.2. The Hall–Kier alpha value is -2.28. The molecule has 7 heteroatoms. The number of hydrogen-bond donors (Lipinski definition) is 2. The van der Waals surface area contributed by atoms with E-state index in [4.69, 9.17) is 0 Å². The van der Waals surface area contributed by atoms with Gasteiger partial charge in [0.15, 0.2) is 11.3 Å². The standard InChI is InChI=1S/C12H8BrN5O/c13-7-4-8(6-14-5-7)16-12(19)10-9-2-1-3-15-11(9)18-17-10/h1-6H,(H,16,19)(H,15,17,18). The lowest BCUT2D eigenvalue weighted by molar-refractivity contribution is 0.102. The number of hydrogen-bond acceptors (Lipinski definition) is 4. The van der Waals surface area contributed by atoms with E-state index < -0.39 is 0 Å². The van der Waals surface area contributed by atoms with E-state index in [1.54, 1.807) is 36.8 Å². The Balaban J connectivity index is 1.92. The first kappa shape index (κ1) is 11.8. The summed E-state index contributed by atoms with van der Waals surface area (Å²) in [6.07, 6.45) is 4.85. The minimum Gasteiger partial charge on any atom is -0.319 e. The van der Waals surface area contributed by atoms with Gasteiger partial charge in [-0.1, -0.05) is 0 Å². The van der Waals surface area contributed by atoms with Crippen LogP contribution in [0.3, 0.4) is 0 Å². The number of rotatable bonds is 2. The van der Waals surface area contributed by atoms with Crippen LogP contribution in [-0.2, 0) is 0 Å². The van der Waals surface area contributed by atoms with E-state index in [0.717, 1.165) is 4.47 Å². The van der Waals surface area contributed by atoms with Gasteiger partial charge in [-0.3, -0.25) is 14.9 Å². The predicted octanol–water partition coefficient (Wildman–Crippen LogP) is 2.37. The molecule has 6 nitrogen and oxygen atoms in total. The minimum atomic E-state index is -0.306. The van der Waals surface area contributed by atoms with Gasteiger partial charge in [0.05, 0.1) is 17.3 Å². The van der Waals surface area contributed by atoms with Crippen LogP contribution in [-0.4, -0.2) is 26.1 Å². The molecule has 3 heterocycles. The largest absolute Gasteiger partial charge is 0.319 e. The van der Waals surface area contributed by atoms with Crippen LogP contribution >= 0.6 is 15.9 Å². The van der Waals surface area contributed by atoms with Gasteiger partial charge in [0, 0.05) is 16.9 Å². The molecule has 19 heavy (non-hydrogen) atoms. The van der Waals surface area contributed by atoms with Gasteiger partial charge in [-0.05, 0) is 34.1 Å². The third kappa shape index (κ3) is 2.32. The van der Waals surface area contributed by atoms with Gasteiger partial charge in [-0.15, -0.1) is 0 Å². The maximum absolute atomic E-state index is 12.1. The zero-order valence-electron chi connectivity index (χ0n) is 9.59. The van der Waals surface area contributed by atoms with Crippen LogP contribution in [0.5, 0.6) is 0 Å². The molecule has 0 bridgehead atoms. The average molecular weight is 318 g/mol. The van der Waals surface area contributed by atoms with Crippen LogP contribution in [0.1, 0.15) is 10.5 Å². The third-order valence-corrected chi connectivity index (χ3v) is 2.95. The Bertz CT molecular complexity index is 754. The van der Waals surface area contributed by atoms with Crippen LogP contribution in [0, 0.1) is 0 Å². The molecule has 0 radical (unpaired) electrons. The van der Waals surface area contributed by atoms with E-state index in [2.05, 4.69) is 41.4 Å². The second kappa shape index (κ2) is 4.77. The summed E-state index contributed by atoms with van der Waals surface area (Å²) in [7, 11) is 0. The monoisotopic (exact) mass is 317 g/mol. The lowest BCUT2D eigenvalue weighted by Gasteiger charge is -2.02. The molecule has 0 spiro atoms. The van der Waals surface area contributed by atoms with Crippen molar-refractivity contribution in [2.45, 2.75) is 0 Å². The van der Waals surface area contributed by atoms with Gasteiger partial charge in [0.1, 0.15) is 0 Å². The zero-order chi connectivity index (χ0) is 13.2. The van der Waals surface area contributed by atoms with Crippen molar-refractivity contribution >= 4 is 38.6 Å². The Kier molecular flexibility index (Phi) is 2.96. The first-order chi connectivity index (χ1) is 9.24. The fourth-order valence-electron chi connectivity index (χ4n) is 1.70. The number of halogens is 1. The number of anilines is 1. The number of amides is 1. The van der Waals surface area contributed by atoms with Gasteiger partial charge in [0.25, 0.3) is 5.91 Å². The number of aromatic amines is 1. The molecule has 3 aromatic rings. The van der Waals surface area contributed by atoms with Crippen LogP contribution in [0.25, 0.3) is 11.0 Å². The van der Waals surface area contributed by atoms with Crippen molar-refractivity contribution in [3.05, 3.63) is 47.0 Å². The van der Waals surface area contributed by atoms with E-state index in [9.17, 15) is 4.79 Å². The van der Waals surface area contributed by atoms with Crippen molar-refractivity contribution in [2.24, 2.45) is 0 Å². The minimum absolute atomic E-state index is 0.306. The maximum atomic E-state index is 12.1. The highest BCUT2D eigenvalue weighted by molar-refractivity contribution is 9.10. The van der Waals surface area contributed by atoms with Gasteiger partial charge in [-0.25, -0.2) is 4.98 Å². The first-order valence-electron chi connectivity index (χ1n) is 5.45. The molecule has 0 aliphatic carbocycles. The number of aromatic nitrogens is 4. The summed E-state index contributed by atoms with van der Waals surface area (Å²) in [5.74, 6) is -0.306. The molecule has 0 saturated carbocycles. The van der Waals surface area contributed by atoms with Crippen molar-refractivity contribution < 1.29 is 4.79 Å². The highest BCUT2D eigenvalue weighted by Crippen LogP contribution is 2.17. The summed E-state index contributed by atoms with van der Waals surface area (Å²) < 4.78 is 0.791. The summed E-state index contributed by atoms with van der Waals surface area (Å²) >= 11 is 3.29. The molecule has 2 N–H and O–H groups in total. The summed E-state index contributed by atoms with van der Waals surface area (Å²) in [6, 6.07) is 5.31. The zero-order valence-corrected chi connectivity index (χ0v) is 11.2. The molecule has 0 unspecified atom stereocenters. The van der Waals surface area contributed by atoms with E-state index in [-0.39, 0.29) is 5.91 Å². The van der Waals surface area contributed by atoms with Crippen LogP contribution in [0.4, 0.5) is 5.69 Å². The quantitative estimate of drug-likeness (QED) is 0.760. The van der Waals surface area contributed by atoms with Crippen LogP contribution in [0.2, 0.25) is 0 Å². The number of H-pyrrole nitrogens is 1. The normalized spacial score (nSPS) is 10.6. The van der Waals surface area contributed by atoms with Crippen molar-refractivity contribution in [1.29, 1.82) is 0 Å². The highest BCUT2D eigenvalue weighted by atomic mass is 79.9. The molecular formula is C12H8BrN5O. The maximum Gasteiger partial charge on any atom is 0.276 e. The number of carbonyl (C=O) groups excluding carboxylic acids is 1. The second-order valence-corrected chi connectivity index (χ2v) is 4.73. The molecule has 0 aliphatic rings. The summed E-state index contributed by atoms with van der Waals surface area (Å²) in [5.41, 5.74) is 1.49. The van der Waals surface area contributed by atoms with Gasteiger partial charge >= 0.3 is 0 Å². The SMILES string of the molecule is O=C(Nc1cncc(Br)c1)c1n[nH]c2ncccc12. The fraction of sp³-hybridized carbons (Fsp3) is 0. The molecule has 0 saturated heterocycles. The number of nitrogens with zero attached hydrogens (tertiary/aromatic N) is 3. The molecule has 3 rings (SSSR count). The van der Waals surface area contributed by atoms with E-state index in [1.165, 1.54) is 0 Å². The first-order valence-corrected chi connectivity index (χ1v) is 6.24. The van der Waals surface area contributed by atoms with Crippen LogP contribution < -0.4 is 5.32 Å². The Labute approximate surface area is 116 Å². The van der Waals surface area contributed by atoms with Gasteiger partial charge in [0.2, 0.25) is 0 Å². The lowest BCUT2D eigenvalue weighted by Crippen LogP contribution is -2.12. The van der Waals surface area contributed by atoms with Crippen LogP contribution in [0.15, 0.2) is 41.3 Å². The van der Waals surface area contributed by atoms with Gasteiger partial charge < -0.3 is 5.32 Å². The Morgan fingerprint density at radius 3 is 3.11 bits per heavy atom. The van der Waals surface area contributed by atoms with E-state index in [0.29, 0.717) is 22.4 Å². The number of carbonyl (C=O) groups is 1. The molecular weight excluding hydrogens is 310 g/mol. The molecule has 0 aromatic carbocycles. The topological polar surface area (TPSA) is 83.6 Å². The molecule has 0 atom stereocenters. The number of pyridine rings is 2. The lowest BCUT2D eigenvalue weighted by atomic mass is 10.2. The highest BCUT2D eigenvalue weighted by Gasteiger charge is 2.14. The fourth-order valence-corrected chi connectivity index (χ4v) is 2.06. The third-order valence-electron chi connectivity index (χ3n) is 2.51. The van der Waals surface area contributed by atoms with Gasteiger partial charge in [-0.2, -0.15) is 5.10 Å². The molecule has 0 aliphatic heterocycles. The van der Waals surface area contributed by atoms with Crippen molar-refractivity contribution in [1.82, 2.24) is 20.2 Å². The van der Waals surface area contributed by atoms with Crippen molar-refractivity contribution in [3.8, 4) is 0 Å². The smallest absolute Gasteiger partial charge is 0.276 e. The number of nitrogens with one attached hydrogen (secondary N) is 2. The molecule has 3 aromatic heterocycles. The molecule has 94 valence electrons. The Morgan fingerprint density at radius 2 is 2.26 bits per heavy atom. The summed E-state index contributed by atoms with van der Waals surface area (Å²) in [5, 5.41) is 10.1. The van der Waals surface area contributed by atoms with E-state index >= 15 is 0 Å². The number of fused-ring (bicyclic) bond motifs is 1. The molecule has 0 fully saturated rings. The predicted molar refractivity (Wildman–Crippen MR) is 73.8 cm³/mol. The Morgan fingerprint density at radius 1 is 1.37 bits per heavy atom. The molecule has 1 amide bonds. The second-order valence-electron chi connectivity index (χ2n) is 3.82. The summed E-state index contributed by atoms with van der Waals surface area (Å²) in [6.45, 7) is 0. The van der Waals surface area contributed by atoms with E-state index in [1.807, 2.05) is 0 Å². The van der Waals surface area contributed by atoms with Crippen molar-refractivity contribution in [3.63, 3.8) is 0 Å². The average Bonchev–Trinajstić information content (AvgIpc) is 2.82.